The van der Waals surface area contributed by atoms with Gasteiger partial charge in [0.05, 0.1) is 25.3 Å². The number of anilines is 2. The summed E-state index contributed by atoms with van der Waals surface area (Å²) >= 11 is 0. The monoisotopic (exact) mass is 400 g/mol. The van der Waals surface area contributed by atoms with Crippen LogP contribution >= 0.6 is 0 Å². The SMILES string of the molecule is CC(=O)CNc1nc(N2CCOCC2)cc(C)c1C(=O)NCc1cccc(F)c1. The first kappa shape index (κ1) is 20.7. The summed E-state index contributed by atoms with van der Waals surface area (Å²) in [7, 11) is 0. The molecule has 0 aliphatic carbocycles. The minimum atomic E-state index is -0.353. The molecule has 3 rings (SSSR count). The van der Waals surface area contributed by atoms with Gasteiger partial charge in [-0.2, -0.15) is 0 Å². The van der Waals surface area contributed by atoms with E-state index in [1.54, 1.807) is 12.1 Å². The van der Waals surface area contributed by atoms with Gasteiger partial charge < -0.3 is 20.3 Å². The lowest BCUT2D eigenvalue weighted by Crippen LogP contribution is -2.37. The third kappa shape index (κ3) is 5.51. The number of hydrogen-bond acceptors (Lipinski definition) is 6. The predicted molar refractivity (Wildman–Crippen MR) is 109 cm³/mol. The molecule has 7 nitrogen and oxygen atoms in total. The molecule has 0 unspecified atom stereocenters. The highest BCUT2D eigenvalue weighted by Crippen LogP contribution is 2.24. The molecule has 0 radical (unpaired) electrons. The van der Waals surface area contributed by atoms with E-state index in [2.05, 4.69) is 20.5 Å². The Morgan fingerprint density at radius 3 is 2.69 bits per heavy atom. The van der Waals surface area contributed by atoms with Gasteiger partial charge in [-0.25, -0.2) is 9.37 Å². The van der Waals surface area contributed by atoms with Crippen LogP contribution in [0.25, 0.3) is 0 Å². The van der Waals surface area contributed by atoms with Crippen LogP contribution in [0.2, 0.25) is 0 Å². The van der Waals surface area contributed by atoms with Crippen molar-refractivity contribution >= 4 is 23.3 Å². The van der Waals surface area contributed by atoms with Crippen molar-refractivity contribution in [3.63, 3.8) is 0 Å². The highest BCUT2D eigenvalue weighted by atomic mass is 19.1. The summed E-state index contributed by atoms with van der Waals surface area (Å²) in [4.78, 5) is 31.0. The van der Waals surface area contributed by atoms with Crippen molar-refractivity contribution in [3.8, 4) is 0 Å². The molecule has 1 saturated heterocycles. The summed E-state index contributed by atoms with van der Waals surface area (Å²) in [5.41, 5.74) is 1.77. The van der Waals surface area contributed by atoms with Crippen LogP contribution in [0, 0.1) is 12.7 Å². The molecule has 1 aliphatic rings. The normalized spacial score (nSPS) is 13.8. The van der Waals surface area contributed by atoms with Gasteiger partial charge in [-0.1, -0.05) is 12.1 Å². The molecule has 0 bridgehead atoms. The number of rotatable bonds is 7. The number of aromatic nitrogens is 1. The van der Waals surface area contributed by atoms with Crippen LogP contribution < -0.4 is 15.5 Å². The molecular formula is C21H25FN4O3. The van der Waals surface area contributed by atoms with E-state index in [9.17, 15) is 14.0 Å². The van der Waals surface area contributed by atoms with Gasteiger partial charge in [0.1, 0.15) is 23.2 Å². The van der Waals surface area contributed by atoms with E-state index in [-0.39, 0.29) is 30.6 Å². The number of morpholine rings is 1. The average Bonchev–Trinajstić information content (AvgIpc) is 2.71. The molecule has 2 N–H and O–H groups in total. The number of ether oxygens (including phenoxy) is 1. The highest BCUT2D eigenvalue weighted by molar-refractivity contribution is 6.01. The molecule has 1 aliphatic heterocycles. The number of pyridine rings is 1. The Labute approximate surface area is 169 Å². The molecule has 1 aromatic carbocycles. The lowest BCUT2D eigenvalue weighted by Gasteiger charge is -2.29. The van der Waals surface area contributed by atoms with Gasteiger partial charge in [-0.05, 0) is 43.2 Å². The Hall–Kier alpha value is -3.00. The van der Waals surface area contributed by atoms with Gasteiger partial charge in [0.25, 0.3) is 5.91 Å². The molecule has 29 heavy (non-hydrogen) atoms. The van der Waals surface area contributed by atoms with E-state index in [0.29, 0.717) is 43.2 Å². The van der Waals surface area contributed by atoms with Gasteiger partial charge in [0, 0.05) is 19.6 Å². The first-order valence-corrected chi connectivity index (χ1v) is 9.54. The maximum absolute atomic E-state index is 13.4. The third-order valence-electron chi connectivity index (χ3n) is 4.61. The Balaban J connectivity index is 1.84. The van der Waals surface area contributed by atoms with Crippen molar-refractivity contribution in [2.24, 2.45) is 0 Å². The number of carbonyl (C=O) groups is 2. The van der Waals surface area contributed by atoms with Crippen LogP contribution in [0.5, 0.6) is 0 Å². The maximum Gasteiger partial charge on any atom is 0.255 e. The van der Waals surface area contributed by atoms with Crippen molar-refractivity contribution < 1.29 is 18.7 Å². The molecule has 0 spiro atoms. The summed E-state index contributed by atoms with van der Waals surface area (Å²) in [6.45, 7) is 6.22. The van der Waals surface area contributed by atoms with Crippen molar-refractivity contribution in [3.05, 3.63) is 52.8 Å². The lowest BCUT2D eigenvalue weighted by molar-refractivity contribution is -0.115. The van der Waals surface area contributed by atoms with Crippen LogP contribution in [0.15, 0.2) is 30.3 Å². The van der Waals surface area contributed by atoms with Gasteiger partial charge in [-0.15, -0.1) is 0 Å². The Bertz CT molecular complexity index is 897. The smallest absolute Gasteiger partial charge is 0.255 e. The highest BCUT2D eigenvalue weighted by Gasteiger charge is 2.21. The fourth-order valence-corrected chi connectivity index (χ4v) is 3.15. The summed E-state index contributed by atoms with van der Waals surface area (Å²) in [5.74, 6) is 0.344. The first-order chi connectivity index (χ1) is 13.9. The summed E-state index contributed by atoms with van der Waals surface area (Å²) in [6.07, 6.45) is 0. The zero-order valence-electron chi connectivity index (χ0n) is 16.6. The van der Waals surface area contributed by atoms with E-state index in [0.717, 1.165) is 11.4 Å². The number of aryl methyl sites for hydroxylation is 1. The molecule has 154 valence electrons. The number of nitrogens with zero attached hydrogens (tertiary/aromatic N) is 2. The maximum atomic E-state index is 13.4. The van der Waals surface area contributed by atoms with Crippen LogP contribution in [0.1, 0.15) is 28.4 Å². The fourth-order valence-electron chi connectivity index (χ4n) is 3.15. The minimum Gasteiger partial charge on any atom is -0.378 e. The minimum absolute atomic E-state index is 0.0626. The van der Waals surface area contributed by atoms with Crippen molar-refractivity contribution in [2.45, 2.75) is 20.4 Å². The molecular weight excluding hydrogens is 375 g/mol. The molecule has 2 heterocycles. The molecule has 8 heteroatoms. The van der Waals surface area contributed by atoms with Crippen LogP contribution in [-0.2, 0) is 16.1 Å². The number of carbonyl (C=O) groups excluding carboxylic acids is 2. The van der Waals surface area contributed by atoms with Crippen LogP contribution in [0.3, 0.4) is 0 Å². The second-order valence-electron chi connectivity index (χ2n) is 6.99. The second-order valence-corrected chi connectivity index (χ2v) is 6.99. The fraction of sp³-hybridized carbons (Fsp3) is 0.381. The number of ketones is 1. The van der Waals surface area contributed by atoms with Crippen molar-refractivity contribution in [2.75, 3.05) is 43.1 Å². The van der Waals surface area contributed by atoms with Crippen molar-refractivity contribution in [1.29, 1.82) is 0 Å². The zero-order chi connectivity index (χ0) is 20.8. The number of hydrogen-bond donors (Lipinski definition) is 2. The molecule has 1 aromatic heterocycles. The number of Topliss-reactive ketones (excluding diaryl/α,β-unsaturated/α-hetero) is 1. The van der Waals surface area contributed by atoms with Crippen LogP contribution in [0.4, 0.5) is 16.0 Å². The summed E-state index contributed by atoms with van der Waals surface area (Å²) in [5, 5.41) is 5.79. The molecule has 1 fully saturated rings. The molecule has 1 amide bonds. The van der Waals surface area contributed by atoms with Gasteiger partial charge in [0.2, 0.25) is 0 Å². The van der Waals surface area contributed by atoms with E-state index < -0.39 is 0 Å². The zero-order valence-corrected chi connectivity index (χ0v) is 16.6. The molecule has 0 atom stereocenters. The molecule has 2 aromatic rings. The standard InChI is InChI=1S/C21H25FN4O3/c1-14-10-18(26-6-8-29-9-7-26)25-20(23-12-15(2)27)19(14)21(28)24-13-16-4-3-5-17(22)11-16/h3-5,10-11H,6-9,12-13H2,1-2H3,(H,23,25)(H,24,28). The number of benzene rings is 1. The van der Waals surface area contributed by atoms with Gasteiger partial charge >= 0.3 is 0 Å². The van der Waals surface area contributed by atoms with Crippen molar-refractivity contribution in [1.82, 2.24) is 10.3 Å². The molecule has 0 saturated carbocycles. The Morgan fingerprint density at radius 1 is 1.24 bits per heavy atom. The largest absolute Gasteiger partial charge is 0.378 e. The number of halogens is 1. The first-order valence-electron chi connectivity index (χ1n) is 9.54. The van der Waals surface area contributed by atoms with E-state index in [4.69, 9.17) is 4.74 Å². The predicted octanol–water partition coefficient (Wildman–Crippen LogP) is 2.30. The average molecular weight is 400 g/mol. The topological polar surface area (TPSA) is 83.6 Å². The lowest BCUT2D eigenvalue weighted by atomic mass is 10.1. The Morgan fingerprint density at radius 2 is 2.00 bits per heavy atom. The van der Waals surface area contributed by atoms with Gasteiger partial charge in [0.15, 0.2) is 0 Å². The Kier molecular flexibility index (Phi) is 6.77. The second kappa shape index (κ2) is 9.47. The quantitative estimate of drug-likeness (QED) is 0.742. The van der Waals surface area contributed by atoms with Crippen LogP contribution in [-0.4, -0.2) is 49.5 Å². The summed E-state index contributed by atoms with van der Waals surface area (Å²) < 4.78 is 18.7. The number of amides is 1. The van der Waals surface area contributed by atoms with E-state index in [1.807, 2.05) is 13.0 Å². The number of nitrogens with one attached hydrogen (secondary N) is 2. The van der Waals surface area contributed by atoms with Gasteiger partial charge in [-0.3, -0.25) is 9.59 Å². The van der Waals surface area contributed by atoms with E-state index in [1.165, 1.54) is 19.1 Å². The summed E-state index contributed by atoms with van der Waals surface area (Å²) in [6, 6.07) is 7.93. The van der Waals surface area contributed by atoms with E-state index >= 15 is 0 Å². The third-order valence-corrected chi connectivity index (χ3v) is 4.61.